The van der Waals surface area contributed by atoms with Gasteiger partial charge < -0.3 is 5.11 Å². The molecule has 0 atom stereocenters. The topological polar surface area (TPSA) is 87.0 Å². The van der Waals surface area contributed by atoms with Crippen molar-refractivity contribution in [1.82, 2.24) is 24.9 Å². The zero-order chi connectivity index (χ0) is 21.5. The van der Waals surface area contributed by atoms with E-state index in [1.165, 1.54) is 23.3 Å². The molecule has 0 fully saturated rings. The van der Waals surface area contributed by atoms with E-state index in [4.69, 9.17) is 0 Å². The highest BCUT2D eigenvalue weighted by molar-refractivity contribution is 5.89. The fourth-order valence-electron chi connectivity index (χ4n) is 4.23. The zero-order valence-corrected chi connectivity index (χ0v) is 17.1. The molecule has 2 aromatic carbocycles. The van der Waals surface area contributed by atoms with Gasteiger partial charge in [0.2, 0.25) is 0 Å². The highest BCUT2D eigenvalue weighted by Gasteiger charge is 2.19. The van der Waals surface area contributed by atoms with E-state index in [0.717, 1.165) is 29.8 Å². The second-order valence-electron chi connectivity index (χ2n) is 7.87. The molecule has 2 aromatic heterocycles. The highest BCUT2D eigenvalue weighted by atomic mass is 19.1. The molecule has 0 saturated heterocycles. The van der Waals surface area contributed by atoms with Gasteiger partial charge in [-0.05, 0) is 42.2 Å². The van der Waals surface area contributed by atoms with E-state index >= 15 is 0 Å². The van der Waals surface area contributed by atoms with E-state index in [-0.39, 0.29) is 12.3 Å². The van der Waals surface area contributed by atoms with Gasteiger partial charge >= 0.3 is 0 Å². The van der Waals surface area contributed by atoms with Gasteiger partial charge in [0.25, 0.3) is 5.56 Å². The van der Waals surface area contributed by atoms with Crippen LogP contribution in [0.3, 0.4) is 0 Å². The Bertz CT molecular complexity index is 1320. The minimum Gasteiger partial charge on any atom is -0.395 e. The molecule has 0 bridgehead atoms. The first-order valence-corrected chi connectivity index (χ1v) is 10.2. The van der Waals surface area contributed by atoms with Crippen LogP contribution in [0.1, 0.15) is 16.7 Å². The van der Waals surface area contributed by atoms with Crippen molar-refractivity contribution in [2.24, 2.45) is 0 Å². The number of hydrogen-bond acceptors (Lipinski definition) is 5. The molecule has 7 nitrogen and oxygen atoms in total. The van der Waals surface area contributed by atoms with Crippen molar-refractivity contribution in [3.63, 3.8) is 0 Å². The second-order valence-corrected chi connectivity index (χ2v) is 7.87. The number of β-amino-alcohol motifs (C(OH)–C–C–N with tert-alkyl or cyclic N) is 1. The first-order valence-electron chi connectivity index (χ1n) is 10.2. The number of aromatic amines is 1. The van der Waals surface area contributed by atoms with Gasteiger partial charge in [-0.25, -0.2) is 4.39 Å². The number of rotatable bonds is 4. The van der Waals surface area contributed by atoms with Crippen molar-refractivity contribution >= 4 is 11.0 Å². The van der Waals surface area contributed by atoms with Gasteiger partial charge in [0.15, 0.2) is 0 Å². The number of aromatic nitrogens is 4. The van der Waals surface area contributed by atoms with Crippen molar-refractivity contribution < 1.29 is 9.50 Å². The lowest BCUT2D eigenvalue weighted by Gasteiger charge is -2.28. The lowest BCUT2D eigenvalue weighted by Crippen LogP contribution is -2.32. The Hall–Kier alpha value is -3.36. The molecule has 8 heteroatoms. The largest absolute Gasteiger partial charge is 0.395 e. The van der Waals surface area contributed by atoms with E-state index in [1.54, 1.807) is 19.1 Å². The average molecular weight is 419 g/mol. The molecule has 158 valence electrons. The number of para-hydroxylation sites is 1. The first-order chi connectivity index (χ1) is 15.0. The zero-order valence-electron chi connectivity index (χ0n) is 17.1. The van der Waals surface area contributed by atoms with Crippen LogP contribution in [0.25, 0.3) is 28.0 Å². The smallest absolute Gasteiger partial charge is 0.273 e. The molecule has 0 amide bonds. The Morgan fingerprint density at radius 3 is 2.87 bits per heavy atom. The van der Waals surface area contributed by atoms with Gasteiger partial charge in [-0.1, -0.05) is 24.3 Å². The summed E-state index contributed by atoms with van der Waals surface area (Å²) in [5.74, 6) is -0.503. The second kappa shape index (κ2) is 7.72. The number of fused-ring (bicyclic) bond motifs is 2. The lowest BCUT2D eigenvalue weighted by atomic mass is 9.96. The summed E-state index contributed by atoms with van der Waals surface area (Å²) in [7, 11) is 0. The van der Waals surface area contributed by atoms with Gasteiger partial charge in [-0.15, -0.1) is 0 Å². The fourth-order valence-corrected chi connectivity index (χ4v) is 4.23. The van der Waals surface area contributed by atoms with Crippen LogP contribution in [0.15, 0.2) is 47.3 Å². The minimum absolute atomic E-state index is 0.135. The van der Waals surface area contributed by atoms with Crippen LogP contribution in [0, 0.1) is 12.7 Å². The Balaban J connectivity index is 1.62. The summed E-state index contributed by atoms with van der Waals surface area (Å²) in [5, 5.41) is 21.0. The minimum atomic E-state index is -0.503. The highest BCUT2D eigenvalue weighted by Crippen LogP contribution is 2.29. The monoisotopic (exact) mass is 419 g/mol. The molecule has 1 aliphatic heterocycles. The molecule has 5 rings (SSSR count). The quantitative estimate of drug-likeness (QED) is 0.531. The van der Waals surface area contributed by atoms with Crippen LogP contribution in [0.2, 0.25) is 0 Å². The molecule has 0 radical (unpaired) electrons. The summed E-state index contributed by atoms with van der Waals surface area (Å²) in [6, 6.07) is 12.2. The average Bonchev–Trinajstić information content (AvgIpc) is 3.16. The number of nitrogens with one attached hydrogen (secondary N) is 1. The number of aryl methyl sites for hydroxylation is 1. The number of hydrogen-bond donors (Lipinski definition) is 2. The van der Waals surface area contributed by atoms with Gasteiger partial charge in [-0.2, -0.15) is 14.9 Å². The SMILES string of the molecule is Cc1cccc(F)c1-n1nc2c(-c3ccc4c(c3)CN(CCO)CC4)n[nH]c2cc1=O. The van der Waals surface area contributed by atoms with Crippen LogP contribution in [-0.2, 0) is 13.0 Å². The maximum atomic E-state index is 14.5. The molecule has 0 saturated carbocycles. The van der Waals surface area contributed by atoms with Crippen molar-refractivity contribution in [2.75, 3.05) is 19.7 Å². The van der Waals surface area contributed by atoms with Crippen LogP contribution in [0.4, 0.5) is 4.39 Å². The summed E-state index contributed by atoms with van der Waals surface area (Å²) >= 11 is 0. The van der Waals surface area contributed by atoms with Crippen molar-refractivity contribution in [1.29, 1.82) is 0 Å². The molecule has 31 heavy (non-hydrogen) atoms. The maximum absolute atomic E-state index is 14.5. The third-order valence-electron chi connectivity index (χ3n) is 5.83. The summed E-state index contributed by atoms with van der Waals surface area (Å²) in [6.07, 6.45) is 0.932. The van der Waals surface area contributed by atoms with Crippen LogP contribution in [-0.4, -0.2) is 49.7 Å². The number of aliphatic hydroxyl groups excluding tert-OH is 1. The summed E-state index contributed by atoms with van der Waals surface area (Å²) in [5.41, 5.74) is 5.30. The molecule has 1 aliphatic rings. The van der Waals surface area contributed by atoms with E-state index in [1.807, 2.05) is 6.07 Å². The van der Waals surface area contributed by atoms with Gasteiger partial charge in [0, 0.05) is 31.3 Å². The molecule has 2 N–H and O–H groups in total. The normalized spacial score (nSPS) is 14.2. The fraction of sp³-hybridized carbons (Fsp3) is 0.261. The maximum Gasteiger partial charge on any atom is 0.273 e. The Morgan fingerprint density at radius 2 is 2.06 bits per heavy atom. The van der Waals surface area contributed by atoms with E-state index < -0.39 is 11.4 Å². The predicted octanol–water partition coefficient (Wildman–Crippen LogP) is 2.57. The van der Waals surface area contributed by atoms with Gasteiger partial charge in [0.1, 0.15) is 22.7 Å². The Kier molecular flexibility index (Phi) is 4.88. The first kappa shape index (κ1) is 19.6. The van der Waals surface area contributed by atoms with Gasteiger partial charge in [0.05, 0.1) is 12.1 Å². The predicted molar refractivity (Wildman–Crippen MR) is 116 cm³/mol. The molecule has 0 spiro atoms. The number of benzene rings is 2. The molecule has 0 unspecified atom stereocenters. The third-order valence-corrected chi connectivity index (χ3v) is 5.83. The molecular weight excluding hydrogens is 397 g/mol. The molecular formula is C23H22FN5O2. The van der Waals surface area contributed by atoms with Crippen molar-refractivity contribution in [3.8, 4) is 16.9 Å². The van der Waals surface area contributed by atoms with E-state index in [2.05, 4.69) is 32.3 Å². The Morgan fingerprint density at radius 1 is 1.19 bits per heavy atom. The summed E-state index contributed by atoms with van der Waals surface area (Å²) in [4.78, 5) is 14.8. The third kappa shape index (κ3) is 3.43. The molecule has 4 aromatic rings. The number of aliphatic hydroxyl groups is 1. The van der Waals surface area contributed by atoms with Crippen molar-refractivity contribution in [3.05, 3.63) is 75.3 Å². The van der Waals surface area contributed by atoms with E-state index in [9.17, 15) is 14.3 Å². The Labute approximate surface area is 177 Å². The molecule has 3 heterocycles. The van der Waals surface area contributed by atoms with Crippen LogP contribution < -0.4 is 5.56 Å². The summed E-state index contributed by atoms with van der Waals surface area (Å²) < 4.78 is 15.6. The standard InChI is InChI=1S/C23H22FN5O2/c1-14-3-2-4-18(24)23(14)29-20(31)12-19-22(27-29)21(26-25-19)16-6-5-15-7-8-28(9-10-30)13-17(15)11-16/h2-6,11-12,25,30H,7-10,13H2,1H3. The number of halogens is 1. The van der Waals surface area contributed by atoms with E-state index in [0.29, 0.717) is 28.8 Å². The van der Waals surface area contributed by atoms with Crippen LogP contribution in [0.5, 0.6) is 0 Å². The van der Waals surface area contributed by atoms with Crippen LogP contribution >= 0.6 is 0 Å². The number of H-pyrrole nitrogens is 1. The van der Waals surface area contributed by atoms with Crippen molar-refractivity contribution in [2.45, 2.75) is 19.9 Å². The lowest BCUT2D eigenvalue weighted by molar-refractivity contribution is 0.184. The van der Waals surface area contributed by atoms with Gasteiger partial charge in [-0.3, -0.25) is 14.8 Å². The molecule has 0 aliphatic carbocycles. The summed E-state index contributed by atoms with van der Waals surface area (Å²) in [6.45, 7) is 4.21. The number of nitrogens with zero attached hydrogens (tertiary/aromatic N) is 4.